The molecule has 6 nitrogen and oxygen atoms in total. The number of nitrogens with zero attached hydrogens (tertiary/aromatic N) is 3. The van der Waals surface area contributed by atoms with E-state index in [-0.39, 0.29) is 11.7 Å². The van der Waals surface area contributed by atoms with Crippen LogP contribution in [-0.2, 0) is 0 Å². The van der Waals surface area contributed by atoms with Crippen molar-refractivity contribution >= 4 is 17.1 Å². The second-order valence-electron chi connectivity index (χ2n) is 3.85. The number of aromatic carboxylic acids is 1. The van der Waals surface area contributed by atoms with Gasteiger partial charge in [-0.15, -0.1) is 0 Å². The fraction of sp³-hybridized carbons (Fsp3) is 0.0833. The van der Waals surface area contributed by atoms with Crippen molar-refractivity contribution in [2.75, 3.05) is 0 Å². The van der Waals surface area contributed by atoms with Gasteiger partial charge in [-0.2, -0.15) is 14.8 Å². The van der Waals surface area contributed by atoms with E-state index in [4.69, 9.17) is 9.52 Å². The molecular weight excluding hydrogens is 234 g/mol. The van der Waals surface area contributed by atoms with Gasteiger partial charge in [-0.3, -0.25) is 0 Å². The van der Waals surface area contributed by atoms with E-state index < -0.39 is 5.97 Å². The van der Waals surface area contributed by atoms with E-state index in [2.05, 4.69) is 10.1 Å². The Morgan fingerprint density at radius 2 is 2.17 bits per heavy atom. The van der Waals surface area contributed by atoms with Gasteiger partial charge in [-0.1, -0.05) is 12.1 Å². The molecule has 1 aromatic carbocycles. The van der Waals surface area contributed by atoms with E-state index in [1.54, 1.807) is 13.0 Å². The Bertz CT molecular complexity index is 709. The van der Waals surface area contributed by atoms with Crippen LogP contribution >= 0.6 is 0 Å². The third-order valence-corrected chi connectivity index (χ3v) is 2.57. The maximum Gasteiger partial charge on any atom is 0.356 e. The molecule has 0 aliphatic heterocycles. The minimum Gasteiger partial charge on any atom is -0.476 e. The van der Waals surface area contributed by atoms with E-state index in [0.717, 1.165) is 0 Å². The highest BCUT2D eigenvalue weighted by molar-refractivity contribution is 5.85. The van der Waals surface area contributed by atoms with Gasteiger partial charge in [-0.25, -0.2) is 4.79 Å². The van der Waals surface area contributed by atoms with Crippen molar-refractivity contribution in [2.24, 2.45) is 0 Å². The van der Waals surface area contributed by atoms with Crippen molar-refractivity contribution in [3.05, 3.63) is 41.7 Å². The number of aromatic nitrogens is 3. The maximum absolute atomic E-state index is 10.8. The molecule has 3 rings (SSSR count). The molecule has 0 bridgehead atoms. The molecule has 0 saturated carbocycles. The van der Waals surface area contributed by atoms with Gasteiger partial charge in [-0.05, 0) is 25.1 Å². The lowest BCUT2D eigenvalue weighted by atomic mass is 10.3. The molecule has 0 unspecified atom stereocenters. The Kier molecular flexibility index (Phi) is 2.16. The molecule has 3 aromatic rings. The summed E-state index contributed by atoms with van der Waals surface area (Å²) in [6.07, 6.45) is 0. The number of fused-ring (bicyclic) bond motifs is 1. The molecule has 0 fully saturated rings. The summed E-state index contributed by atoms with van der Waals surface area (Å²) >= 11 is 0. The number of benzene rings is 1. The Morgan fingerprint density at radius 3 is 2.83 bits per heavy atom. The zero-order valence-electron chi connectivity index (χ0n) is 9.49. The van der Waals surface area contributed by atoms with Crippen molar-refractivity contribution in [3.8, 4) is 6.01 Å². The van der Waals surface area contributed by atoms with E-state index in [9.17, 15) is 4.79 Å². The molecule has 0 spiro atoms. The van der Waals surface area contributed by atoms with Gasteiger partial charge in [0.1, 0.15) is 5.52 Å². The lowest BCUT2D eigenvalue weighted by molar-refractivity contribution is 0.0690. The zero-order chi connectivity index (χ0) is 12.7. The summed E-state index contributed by atoms with van der Waals surface area (Å²) in [6, 6.07) is 9.05. The van der Waals surface area contributed by atoms with Gasteiger partial charge in [0, 0.05) is 5.69 Å². The van der Waals surface area contributed by atoms with Gasteiger partial charge in [0.25, 0.3) is 0 Å². The largest absolute Gasteiger partial charge is 0.476 e. The molecule has 90 valence electrons. The highest BCUT2D eigenvalue weighted by atomic mass is 16.4. The first-order valence-electron chi connectivity index (χ1n) is 5.31. The molecule has 0 amide bonds. The van der Waals surface area contributed by atoms with Crippen molar-refractivity contribution in [3.63, 3.8) is 0 Å². The quantitative estimate of drug-likeness (QED) is 0.744. The van der Waals surface area contributed by atoms with E-state index >= 15 is 0 Å². The van der Waals surface area contributed by atoms with Gasteiger partial charge in [0.05, 0.1) is 0 Å². The van der Waals surface area contributed by atoms with Crippen LogP contribution in [0.15, 0.2) is 34.7 Å². The Morgan fingerprint density at radius 1 is 1.39 bits per heavy atom. The smallest absolute Gasteiger partial charge is 0.356 e. The molecular formula is C12H9N3O3. The van der Waals surface area contributed by atoms with Crippen LogP contribution in [0.3, 0.4) is 0 Å². The van der Waals surface area contributed by atoms with Gasteiger partial charge in [0.2, 0.25) is 0 Å². The molecule has 0 radical (unpaired) electrons. The molecule has 18 heavy (non-hydrogen) atoms. The number of hydrogen-bond donors (Lipinski definition) is 1. The van der Waals surface area contributed by atoms with Crippen LogP contribution in [0.25, 0.3) is 17.1 Å². The topological polar surface area (TPSA) is 81.1 Å². The molecule has 0 aliphatic carbocycles. The first-order valence-corrected chi connectivity index (χ1v) is 5.31. The average Bonchev–Trinajstić information content (AvgIpc) is 2.91. The number of carboxylic acid groups (broad SMARTS) is 1. The van der Waals surface area contributed by atoms with E-state index in [1.807, 2.05) is 18.2 Å². The minimum absolute atomic E-state index is 0.0326. The van der Waals surface area contributed by atoms with Gasteiger partial charge >= 0.3 is 12.0 Å². The highest BCUT2D eigenvalue weighted by Crippen LogP contribution is 2.18. The number of carbonyl (C=O) groups is 1. The molecule has 0 atom stereocenters. The lowest BCUT2D eigenvalue weighted by Crippen LogP contribution is -2.02. The van der Waals surface area contributed by atoms with Crippen molar-refractivity contribution in [1.82, 2.24) is 14.8 Å². The second-order valence-corrected chi connectivity index (χ2v) is 3.85. The Hall–Kier alpha value is -2.63. The van der Waals surface area contributed by atoms with E-state index in [1.165, 1.54) is 10.7 Å². The number of hydrogen-bond acceptors (Lipinski definition) is 4. The van der Waals surface area contributed by atoms with Gasteiger partial charge in [0.15, 0.2) is 11.3 Å². The van der Waals surface area contributed by atoms with Crippen molar-refractivity contribution < 1.29 is 14.3 Å². The van der Waals surface area contributed by atoms with Crippen LogP contribution in [0.5, 0.6) is 0 Å². The zero-order valence-corrected chi connectivity index (χ0v) is 9.49. The maximum atomic E-state index is 10.8. The van der Waals surface area contributed by atoms with Gasteiger partial charge < -0.3 is 9.52 Å². The summed E-state index contributed by atoms with van der Waals surface area (Å²) in [5, 5.41) is 12.8. The summed E-state index contributed by atoms with van der Waals surface area (Å²) in [6.45, 7) is 1.74. The number of carboxylic acids is 1. The predicted molar refractivity (Wildman–Crippen MR) is 62.8 cm³/mol. The summed E-state index contributed by atoms with van der Waals surface area (Å²) in [7, 11) is 0. The average molecular weight is 243 g/mol. The van der Waals surface area contributed by atoms with Crippen LogP contribution in [0, 0.1) is 6.92 Å². The highest BCUT2D eigenvalue weighted by Gasteiger charge is 2.15. The summed E-state index contributed by atoms with van der Waals surface area (Å²) in [5.74, 6) is -1.08. The van der Waals surface area contributed by atoms with Crippen molar-refractivity contribution in [2.45, 2.75) is 6.92 Å². The van der Waals surface area contributed by atoms with Crippen LogP contribution in [0.2, 0.25) is 0 Å². The summed E-state index contributed by atoms with van der Waals surface area (Å²) in [4.78, 5) is 15.1. The molecule has 0 saturated heterocycles. The van der Waals surface area contributed by atoms with Crippen LogP contribution in [0.4, 0.5) is 0 Å². The standard InChI is InChI=1S/C12H9N3O3/c1-7-6-9(11(16)17)14-15(7)12-13-8-4-2-3-5-10(8)18-12/h2-6H,1H3,(H,16,17). The molecule has 0 aliphatic rings. The Balaban J connectivity index is 2.16. The van der Waals surface area contributed by atoms with Crippen LogP contribution in [-0.4, -0.2) is 25.8 Å². The summed E-state index contributed by atoms with van der Waals surface area (Å²) < 4.78 is 6.90. The first-order chi connectivity index (χ1) is 8.65. The number of rotatable bonds is 2. The number of aryl methyl sites for hydroxylation is 1. The minimum atomic E-state index is -1.08. The second kappa shape index (κ2) is 3.69. The Labute approximate surface area is 101 Å². The van der Waals surface area contributed by atoms with Crippen LogP contribution < -0.4 is 0 Å². The normalized spacial score (nSPS) is 10.9. The third-order valence-electron chi connectivity index (χ3n) is 2.57. The third kappa shape index (κ3) is 1.55. The van der Waals surface area contributed by atoms with Crippen molar-refractivity contribution in [1.29, 1.82) is 0 Å². The monoisotopic (exact) mass is 243 g/mol. The summed E-state index contributed by atoms with van der Waals surface area (Å²) in [5.41, 5.74) is 1.97. The SMILES string of the molecule is Cc1cc(C(=O)O)nn1-c1nc2ccccc2o1. The van der Waals surface area contributed by atoms with E-state index in [0.29, 0.717) is 16.8 Å². The predicted octanol–water partition coefficient (Wildman–Crippen LogP) is 2.02. The lowest BCUT2D eigenvalue weighted by Gasteiger charge is -1.95. The molecule has 2 heterocycles. The fourth-order valence-corrected chi connectivity index (χ4v) is 1.72. The first kappa shape index (κ1) is 10.5. The number of para-hydroxylation sites is 2. The molecule has 1 N–H and O–H groups in total. The van der Waals surface area contributed by atoms with Crippen LogP contribution in [0.1, 0.15) is 16.2 Å². The number of oxazole rings is 1. The molecule has 2 aromatic heterocycles. The fourth-order valence-electron chi connectivity index (χ4n) is 1.72. The molecule has 6 heteroatoms.